The number of anilines is 1. The van der Waals surface area contributed by atoms with Crippen LogP contribution in [-0.2, 0) is 4.79 Å². The summed E-state index contributed by atoms with van der Waals surface area (Å²) in [5.74, 6) is -0.143. The molecule has 0 saturated heterocycles. The third kappa shape index (κ3) is 4.99. The van der Waals surface area contributed by atoms with Gasteiger partial charge >= 0.3 is 0 Å². The molecule has 1 heterocycles. The van der Waals surface area contributed by atoms with Gasteiger partial charge in [-0.2, -0.15) is 0 Å². The SMILES string of the molecule is CC(c1ccc(F)c(Cl)c1)N(C)CC(=O)Nc1ccc(Br)cn1. The second-order valence-corrected chi connectivity index (χ2v) is 6.50. The highest BCUT2D eigenvalue weighted by Gasteiger charge is 2.16. The zero-order chi connectivity index (χ0) is 17.0. The van der Waals surface area contributed by atoms with E-state index < -0.39 is 5.82 Å². The molecular weight excluding hydrogens is 385 g/mol. The predicted molar refractivity (Wildman–Crippen MR) is 93.0 cm³/mol. The van der Waals surface area contributed by atoms with Crippen LogP contribution in [0.3, 0.4) is 0 Å². The van der Waals surface area contributed by atoms with Crippen LogP contribution in [0.4, 0.5) is 10.2 Å². The molecule has 2 aromatic rings. The molecule has 0 aliphatic rings. The molecule has 0 fully saturated rings. The van der Waals surface area contributed by atoms with Crippen LogP contribution in [0.2, 0.25) is 5.02 Å². The summed E-state index contributed by atoms with van der Waals surface area (Å²) in [6.07, 6.45) is 1.61. The molecule has 0 aliphatic heterocycles. The third-order valence-electron chi connectivity index (χ3n) is 3.48. The second kappa shape index (κ2) is 7.86. The molecule has 0 saturated carbocycles. The van der Waals surface area contributed by atoms with Gasteiger partial charge < -0.3 is 5.32 Å². The maximum atomic E-state index is 13.2. The van der Waals surface area contributed by atoms with Crippen LogP contribution >= 0.6 is 27.5 Å². The van der Waals surface area contributed by atoms with Gasteiger partial charge in [0.2, 0.25) is 5.91 Å². The summed E-state index contributed by atoms with van der Waals surface area (Å²) in [6, 6.07) is 7.99. The molecule has 1 aromatic heterocycles. The van der Waals surface area contributed by atoms with E-state index in [1.165, 1.54) is 6.07 Å². The van der Waals surface area contributed by atoms with E-state index in [1.807, 2.05) is 18.9 Å². The van der Waals surface area contributed by atoms with Gasteiger partial charge in [0.05, 0.1) is 11.6 Å². The van der Waals surface area contributed by atoms with Crippen molar-refractivity contribution in [3.63, 3.8) is 0 Å². The van der Waals surface area contributed by atoms with Crippen LogP contribution < -0.4 is 5.32 Å². The Labute approximate surface area is 147 Å². The highest BCUT2D eigenvalue weighted by Crippen LogP contribution is 2.24. The van der Waals surface area contributed by atoms with Gasteiger partial charge in [-0.1, -0.05) is 17.7 Å². The standard InChI is InChI=1S/C16H16BrClFN3O/c1-10(11-3-5-14(19)13(18)7-11)22(2)9-16(23)21-15-6-4-12(17)8-20-15/h3-8,10H,9H2,1-2H3,(H,20,21,23). The molecule has 1 N–H and O–H groups in total. The molecule has 4 nitrogen and oxygen atoms in total. The Morgan fingerprint density at radius 3 is 2.78 bits per heavy atom. The third-order valence-corrected chi connectivity index (χ3v) is 4.23. The molecule has 1 atom stereocenters. The largest absolute Gasteiger partial charge is 0.310 e. The summed E-state index contributed by atoms with van der Waals surface area (Å²) in [7, 11) is 1.82. The predicted octanol–water partition coefficient (Wildman–Crippen LogP) is 4.27. The Balaban J connectivity index is 1.96. The molecule has 122 valence electrons. The highest BCUT2D eigenvalue weighted by atomic mass is 79.9. The second-order valence-electron chi connectivity index (χ2n) is 5.17. The fraction of sp³-hybridized carbons (Fsp3) is 0.250. The summed E-state index contributed by atoms with van der Waals surface area (Å²) >= 11 is 9.09. The van der Waals surface area contributed by atoms with Crippen molar-refractivity contribution in [2.45, 2.75) is 13.0 Å². The first kappa shape index (κ1) is 17.8. The van der Waals surface area contributed by atoms with Crippen molar-refractivity contribution in [2.24, 2.45) is 0 Å². The normalized spacial score (nSPS) is 12.3. The zero-order valence-electron chi connectivity index (χ0n) is 12.7. The molecular formula is C16H16BrClFN3O. The van der Waals surface area contributed by atoms with Gasteiger partial charge in [0, 0.05) is 16.7 Å². The van der Waals surface area contributed by atoms with Gasteiger partial charge in [-0.05, 0) is 59.7 Å². The highest BCUT2D eigenvalue weighted by molar-refractivity contribution is 9.10. The van der Waals surface area contributed by atoms with Crippen molar-refractivity contribution in [3.8, 4) is 0 Å². The summed E-state index contributed by atoms with van der Waals surface area (Å²) in [4.78, 5) is 18.0. The molecule has 0 bridgehead atoms. The average Bonchev–Trinajstić information content (AvgIpc) is 2.51. The van der Waals surface area contributed by atoms with Crippen LogP contribution in [0.1, 0.15) is 18.5 Å². The average molecular weight is 401 g/mol. The fourth-order valence-corrected chi connectivity index (χ4v) is 2.45. The molecule has 1 unspecified atom stereocenters. The number of benzene rings is 1. The van der Waals surface area contributed by atoms with Crippen molar-refractivity contribution in [1.29, 1.82) is 0 Å². The van der Waals surface area contributed by atoms with Gasteiger partial charge in [-0.15, -0.1) is 0 Å². The maximum Gasteiger partial charge on any atom is 0.239 e. The minimum atomic E-state index is -0.454. The Morgan fingerprint density at radius 1 is 1.43 bits per heavy atom. The zero-order valence-corrected chi connectivity index (χ0v) is 15.0. The van der Waals surface area contributed by atoms with Gasteiger partial charge in [0.1, 0.15) is 11.6 Å². The van der Waals surface area contributed by atoms with E-state index >= 15 is 0 Å². The van der Waals surface area contributed by atoms with Crippen molar-refractivity contribution >= 4 is 39.3 Å². The molecule has 1 aromatic carbocycles. The summed E-state index contributed by atoms with van der Waals surface area (Å²) in [5, 5.41) is 2.80. The van der Waals surface area contributed by atoms with E-state index in [0.29, 0.717) is 5.82 Å². The molecule has 1 amide bonds. The van der Waals surface area contributed by atoms with Gasteiger partial charge in [0.15, 0.2) is 0 Å². The molecule has 0 spiro atoms. The van der Waals surface area contributed by atoms with Crippen LogP contribution in [0.5, 0.6) is 0 Å². The molecule has 2 rings (SSSR count). The Morgan fingerprint density at radius 2 is 2.17 bits per heavy atom. The lowest BCUT2D eigenvalue weighted by Gasteiger charge is -2.24. The minimum absolute atomic E-state index is 0.0752. The number of likely N-dealkylation sites (N-methyl/N-ethyl adjacent to an activating group) is 1. The van der Waals surface area contributed by atoms with E-state index in [-0.39, 0.29) is 23.5 Å². The fourth-order valence-electron chi connectivity index (χ4n) is 2.02. The van der Waals surface area contributed by atoms with Crippen LogP contribution in [0.25, 0.3) is 0 Å². The first-order valence-electron chi connectivity index (χ1n) is 6.93. The topological polar surface area (TPSA) is 45.2 Å². The number of pyridine rings is 1. The lowest BCUT2D eigenvalue weighted by Crippen LogP contribution is -2.32. The lowest BCUT2D eigenvalue weighted by molar-refractivity contribution is -0.117. The lowest BCUT2D eigenvalue weighted by atomic mass is 10.1. The van der Waals surface area contributed by atoms with Gasteiger partial charge in [-0.25, -0.2) is 9.37 Å². The Kier molecular flexibility index (Phi) is 6.10. The number of aromatic nitrogens is 1. The first-order valence-corrected chi connectivity index (χ1v) is 8.10. The number of nitrogens with one attached hydrogen (secondary N) is 1. The monoisotopic (exact) mass is 399 g/mol. The number of rotatable bonds is 5. The number of carbonyl (C=O) groups is 1. The molecule has 23 heavy (non-hydrogen) atoms. The van der Waals surface area contributed by atoms with Crippen LogP contribution in [-0.4, -0.2) is 29.4 Å². The summed E-state index contributed by atoms with van der Waals surface area (Å²) in [6.45, 7) is 2.10. The number of halogens is 3. The van der Waals surface area contributed by atoms with Crippen molar-refractivity contribution < 1.29 is 9.18 Å². The van der Waals surface area contributed by atoms with Crippen molar-refractivity contribution in [3.05, 3.63) is 57.4 Å². The number of hydrogen-bond acceptors (Lipinski definition) is 3. The Hall–Kier alpha value is -1.50. The number of amides is 1. The smallest absolute Gasteiger partial charge is 0.239 e. The quantitative estimate of drug-likeness (QED) is 0.815. The van der Waals surface area contributed by atoms with Crippen LogP contribution in [0, 0.1) is 5.82 Å². The number of nitrogens with zero attached hydrogens (tertiary/aromatic N) is 2. The van der Waals surface area contributed by atoms with E-state index in [1.54, 1.807) is 30.5 Å². The number of hydrogen-bond donors (Lipinski definition) is 1. The Bertz CT molecular complexity index is 696. The van der Waals surface area contributed by atoms with Gasteiger partial charge in [0.25, 0.3) is 0 Å². The van der Waals surface area contributed by atoms with Gasteiger partial charge in [-0.3, -0.25) is 9.69 Å². The van der Waals surface area contributed by atoms with E-state index in [2.05, 4.69) is 26.2 Å². The van der Waals surface area contributed by atoms with Crippen molar-refractivity contribution in [2.75, 3.05) is 18.9 Å². The summed E-state index contributed by atoms with van der Waals surface area (Å²) in [5.41, 5.74) is 0.841. The minimum Gasteiger partial charge on any atom is -0.310 e. The van der Waals surface area contributed by atoms with Crippen molar-refractivity contribution in [1.82, 2.24) is 9.88 Å². The summed E-state index contributed by atoms with van der Waals surface area (Å²) < 4.78 is 14.1. The molecule has 0 radical (unpaired) electrons. The number of carbonyl (C=O) groups excluding carboxylic acids is 1. The van der Waals surface area contributed by atoms with E-state index in [4.69, 9.17) is 11.6 Å². The molecule has 7 heteroatoms. The molecule has 0 aliphatic carbocycles. The van der Waals surface area contributed by atoms with Crippen LogP contribution in [0.15, 0.2) is 41.0 Å². The van der Waals surface area contributed by atoms with E-state index in [9.17, 15) is 9.18 Å². The maximum absolute atomic E-state index is 13.2. The first-order chi connectivity index (χ1) is 10.9. The van der Waals surface area contributed by atoms with E-state index in [0.717, 1.165) is 10.0 Å².